The first-order chi connectivity index (χ1) is 10.9. The molecule has 9 heteroatoms. The van der Waals surface area contributed by atoms with Crippen molar-refractivity contribution in [3.63, 3.8) is 0 Å². The van der Waals surface area contributed by atoms with Gasteiger partial charge in [-0.3, -0.25) is 19.7 Å². The monoisotopic (exact) mass is 319 g/mol. The number of aromatic nitrogens is 1. The molecule has 9 nitrogen and oxygen atoms in total. The predicted molar refractivity (Wildman–Crippen MR) is 78.4 cm³/mol. The number of hydrogen-bond donors (Lipinski definition) is 1. The van der Waals surface area contributed by atoms with E-state index < -0.39 is 16.9 Å². The molecular weight excluding hydrogens is 306 g/mol. The lowest BCUT2D eigenvalue weighted by molar-refractivity contribution is -0.384. The molecular formula is C14H13N3O6. The standard InChI is InChI=1S/C14H13N3O6/c1-8-5-13(16-23-8)15-14(19)9(2)22-12-4-3-11(17(20)21)6-10(12)7-18/h3-7,9H,1-2H3,(H,15,16,19)/t9-/m0/s1. The fraction of sp³-hybridized carbons (Fsp3) is 0.214. The van der Waals surface area contributed by atoms with Gasteiger partial charge in [0.1, 0.15) is 11.5 Å². The average molecular weight is 319 g/mol. The number of hydrogen-bond acceptors (Lipinski definition) is 7. The Morgan fingerprint density at radius 1 is 1.48 bits per heavy atom. The molecule has 120 valence electrons. The summed E-state index contributed by atoms with van der Waals surface area (Å²) in [6, 6.07) is 5.07. The summed E-state index contributed by atoms with van der Waals surface area (Å²) in [5.74, 6) is 0.341. The van der Waals surface area contributed by atoms with Crippen molar-refractivity contribution in [3.8, 4) is 5.75 Å². The molecule has 0 fully saturated rings. The normalized spacial score (nSPS) is 11.6. The van der Waals surface area contributed by atoms with Gasteiger partial charge >= 0.3 is 0 Å². The Balaban J connectivity index is 2.09. The van der Waals surface area contributed by atoms with Gasteiger partial charge in [0.25, 0.3) is 11.6 Å². The average Bonchev–Trinajstić information content (AvgIpc) is 2.92. The highest BCUT2D eigenvalue weighted by Gasteiger charge is 2.19. The molecule has 1 amide bonds. The summed E-state index contributed by atoms with van der Waals surface area (Å²) in [6.45, 7) is 3.15. The van der Waals surface area contributed by atoms with Crippen LogP contribution in [0.15, 0.2) is 28.8 Å². The van der Waals surface area contributed by atoms with Gasteiger partial charge in [0.05, 0.1) is 10.5 Å². The molecule has 0 saturated carbocycles. The van der Waals surface area contributed by atoms with E-state index in [1.54, 1.807) is 6.92 Å². The van der Waals surface area contributed by atoms with Gasteiger partial charge in [-0.2, -0.15) is 0 Å². The number of nitro groups is 1. The first-order valence-corrected chi connectivity index (χ1v) is 6.55. The van der Waals surface area contributed by atoms with Gasteiger partial charge < -0.3 is 14.6 Å². The van der Waals surface area contributed by atoms with E-state index in [9.17, 15) is 19.7 Å². The Morgan fingerprint density at radius 3 is 2.78 bits per heavy atom. The van der Waals surface area contributed by atoms with E-state index in [0.29, 0.717) is 12.0 Å². The molecule has 0 aliphatic carbocycles. The number of anilines is 1. The fourth-order valence-corrected chi connectivity index (χ4v) is 1.75. The number of aryl methyl sites for hydroxylation is 1. The van der Waals surface area contributed by atoms with Crippen LogP contribution in [0.1, 0.15) is 23.0 Å². The molecule has 1 aromatic carbocycles. The first kappa shape index (κ1) is 16.1. The van der Waals surface area contributed by atoms with Crippen molar-refractivity contribution >= 4 is 23.7 Å². The molecule has 0 radical (unpaired) electrons. The second-order valence-electron chi connectivity index (χ2n) is 4.67. The van der Waals surface area contributed by atoms with Gasteiger partial charge in [-0.05, 0) is 19.9 Å². The van der Waals surface area contributed by atoms with E-state index >= 15 is 0 Å². The smallest absolute Gasteiger partial charge is 0.270 e. The largest absolute Gasteiger partial charge is 0.480 e. The molecule has 0 spiro atoms. The van der Waals surface area contributed by atoms with Crippen molar-refractivity contribution in [1.29, 1.82) is 0 Å². The first-order valence-electron chi connectivity index (χ1n) is 6.55. The fourth-order valence-electron chi connectivity index (χ4n) is 1.75. The number of carbonyl (C=O) groups is 2. The third-order valence-electron chi connectivity index (χ3n) is 2.88. The number of nitrogens with one attached hydrogen (secondary N) is 1. The van der Waals surface area contributed by atoms with Crippen LogP contribution in [0.3, 0.4) is 0 Å². The van der Waals surface area contributed by atoms with Crippen LogP contribution in [-0.4, -0.2) is 28.4 Å². The van der Waals surface area contributed by atoms with Crippen LogP contribution in [0.2, 0.25) is 0 Å². The summed E-state index contributed by atoms with van der Waals surface area (Å²) < 4.78 is 10.2. The molecule has 2 aromatic rings. The highest BCUT2D eigenvalue weighted by atomic mass is 16.6. The van der Waals surface area contributed by atoms with Crippen LogP contribution < -0.4 is 10.1 Å². The number of ether oxygens (including phenoxy) is 1. The molecule has 2 rings (SSSR count). The highest BCUT2D eigenvalue weighted by Crippen LogP contribution is 2.24. The van der Waals surface area contributed by atoms with Gasteiger partial charge in [-0.15, -0.1) is 0 Å². The Bertz CT molecular complexity index is 755. The minimum absolute atomic E-state index is 0.0175. The lowest BCUT2D eigenvalue weighted by Gasteiger charge is -2.14. The van der Waals surface area contributed by atoms with Crippen molar-refractivity contribution < 1.29 is 23.8 Å². The molecule has 0 aliphatic heterocycles. The summed E-state index contributed by atoms with van der Waals surface area (Å²) in [7, 11) is 0. The van der Waals surface area contributed by atoms with Gasteiger partial charge in [0, 0.05) is 18.2 Å². The number of carbonyl (C=O) groups excluding carboxylic acids is 2. The van der Waals surface area contributed by atoms with Crippen LogP contribution in [0.5, 0.6) is 5.75 Å². The summed E-state index contributed by atoms with van der Waals surface area (Å²) in [5.41, 5.74) is -0.259. The van der Waals surface area contributed by atoms with Crippen molar-refractivity contribution in [1.82, 2.24) is 5.16 Å². The molecule has 1 aromatic heterocycles. The number of rotatable bonds is 6. The summed E-state index contributed by atoms with van der Waals surface area (Å²) in [4.78, 5) is 33.1. The number of nitrogens with zero attached hydrogens (tertiary/aromatic N) is 2. The van der Waals surface area contributed by atoms with Gasteiger partial charge in [-0.1, -0.05) is 5.16 Å². The predicted octanol–water partition coefficient (Wildman–Crippen LogP) is 2.11. The second-order valence-corrected chi connectivity index (χ2v) is 4.67. The maximum Gasteiger partial charge on any atom is 0.270 e. The summed E-state index contributed by atoms with van der Waals surface area (Å²) in [5, 5.41) is 16.8. The number of benzene rings is 1. The molecule has 1 N–H and O–H groups in total. The summed E-state index contributed by atoms with van der Waals surface area (Å²) in [6.07, 6.45) is -0.527. The molecule has 23 heavy (non-hydrogen) atoms. The highest BCUT2D eigenvalue weighted by molar-refractivity contribution is 5.93. The maximum atomic E-state index is 12.0. The van der Waals surface area contributed by atoms with E-state index in [2.05, 4.69) is 10.5 Å². The van der Waals surface area contributed by atoms with E-state index in [1.807, 2.05) is 0 Å². The van der Waals surface area contributed by atoms with Crippen LogP contribution in [0.4, 0.5) is 11.5 Å². The Morgan fingerprint density at radius 2 is 2.22 bits per heavy atom. The molecule has 0 unspecified atom stereocenters. The van der Waals surface area contributed by atoms with Gasteiger partial charge in [-0.25, -0.2) is 0 Å². The zero-order chi connectivity index (χ0) is 17.0. The van der Waals surface area contributed by atoms with Crippen LogP contribution >= 0.6 is 0 Å². The Labute approximate surface area is 130 Å². The van der Waals surface area contributed by atoms with Crippen molar-refractivity contribution in [2.24, 2.45) is 0 Å². The van der Waals surface area contributed by atoms with Crippen molar-refractivity contribution in [2.75, 3.05) is 5.32 Å². The number of non-ortho nitro benzene ring substituents is 1. The quantitative estimate of drug-likeness (QED) is 0.491. The summed E-state index contributed by atoms with van der Waals surface area (Å²) >= 11 is 0. The van der Waals surface area contributed by atoms with Crippen molar-refractivity contribution in [2.45, 2.75) is 20.0 Å². The third-order valence-corrected chi connectivity index (χ3v) is 2.88. The minimum Gasteiger partial charge on any atom is -0.480 e. The van der Waals surface area contributed by atoms with E-state index in [1.165, 1.54) is 25.1 Å². The zero-order valence-electron chi connectivity index (χ0n) is 12.3. The minimum atomic E-state index is -0.952. The van der Waals surface area contributed by atoms with Crippen LogP contribution in [0.25, 0.3) is 0 Å². The van der Waals surface area contributed by atoms with Crippen LogP contribution in [-0.2, 0) is 4.79 Å². The Kier molecular flexibility index (Phi) is 4.69. The second kappa shape index (κ2) is 6.69. The van der Waals surface area contributed by atoms with E-state index in [-0.39, 0.29) is 22.8 Å². The molecule has 1 heterocycles. The molecule has 0 aliphatic rings. The molecule has 0 saturated heterocycles. The number of aldehydes is 1. The van der Waals surface area contributed by atoms with E-state index in [0.717, 1.165) is 6.07 Å². The number of nitro benzene ring substituents is 1. The number of amides is 1. The lowest BCUT2D eigenvalue weighted by Crippen LogP contribution is -2.30. The molecule has 1 atom stereocenters. The Hall–Kier alpha value is -3.23. The lowest BCUT2D eigenvalue weighted by atomic mass is 10.2. The third kappa shape index (κ3) is 3.90. The topological polar surface area (TPSA) is 125 Å². The molecule has 0 bridgehead atoms. The van der Waals surface area contributed by atoms with Crippen LogP contribution in [0, 0.1) is 17.0 Å². The van der Waals surface area contributed by atoms with E-state index in [4.69, 9.17) is 9.26 Å². The SMILES string of the molecule is Cc1cc(NC(=O)[C@H](C)Oc2ccc([N+](=O)[O-])cc2C=O)no1. The van der Waals surface area contributed by atoms with Crippen molar-refractivity contribution in [3.05, 3.63) is 45.7 Å². The maximum absolute atomic E-state index is 12.0. The van der Waals surface area contributed by atoms with Gasteiger partial charge in [0.2, 0.25) is 0 Å². The van der Waals surface area contributed by atoms with Gasteiger partial charge in [0.15, 0.2) is 18.2 Å². The zero-order valence-corrected chi connectivity index (χ0v) is 12.3.